The standard InChI is InChI=1S/C23H27N3O6/c1-7-31-21(29)18-12(2)17(13(3)24-18)20(28)32-14(4)19(27)26-16-11-9-8-10-15(16)25-22(30)23(26,5)6/h8-11,14,24H,7H2,1-6H3,(H,25,30)/t14-/m1/s1. The Labute approximate surface area is 186 Å². The van der Waals surface area contributed by atoms with Crippen molar-refractivity contribution in [1.82, 2.24) is 4.98 Å². The minimum absolute atomic E-state index is 0.165. The fraction of sp³-hybridized carbons (Fsp3) is 0.391. The van der Waals surface area contributed by atoms with Gasteiger partial charge < -0.3 is 19.8 Å². The van der Waals surface area contributed by atoms with E-state index in [-0.39, 0.29) is 23.8 Å². The zero-order valence-electron chi connectivity index (χ0n) is 19.0. The Balaban J connectivity index is 1.87. The topological polar surface area (TPSA) is 118 Å². The second-order valence-corrected chi connectivity index (χ2v) is 8.10. The third-order valence-corrected chi connectivity index (χ3v) is 5.48. The van der Waals surface area contributed by atoms with Gasteiger partial charge in [0.2, 0.25) is 5.91 Å². The van der Waals surface area contributed by atoms with Crippen LogP contribution in [0, 0.1) is 13.8 Å². The monoisotopic (exact) mass is 441 g/mol. The maximum Gasteiger partial charge on any atom is 0.355 e. The van der Waals surface area contributed by atoms with Crippen LogP contribution in [0.1, 0.15) is 59.8 Å². The molecule has 170 valence electrons. The van der Waals surface area contributed by atoms with Crippen LogP contribution in [-0.2, 0) is 19.1 Å². The number of nitrogens with zero attached hydrogens (tertiary/aromatic N) is 1. The highest BCUT2D eigenvalue weighted by atomic mass is 16.5. The lowest BCUT2D eigenvalue weighted by Gasteiger charge is -2.42. The first-order valence-corrected chi connectivity index (χ1v) is 10.3. The van der Waals surface area contributed by atoms with E-state index >= 15 is 0 Å². The number of ether oxygens (including phenoxy) is 2. The molecule has 1 aromatic carbocycles. The molecule has 9 nitrogen and oxygen atoms in total. The second-order valence-electron chi connectivity index (χ2n) is 8.10. The number of aryl methyl sites for hydroxylation is 1. The van der Waals surface area contributed by atoms with E-state index in [1.165, 1.54) is 11.8 Å². The molecule has 2 amide bonds. The van der Waals surface area contributed by atoms with E-state index in [1.807, 2.05) is 0 Å². The lowest BCUT2D eigenvalue weighted by molar-refractivity contribution is -0.131. The normalized spacial score (nSPS) is 15.4. The molecule has 0 saturated carbocycles. The highest BCUT2D eigenvalue weighted by Gasteiger charge is 2.45. The quantitative estimate of drug-likeness (QED) is 0.689. The number of carbonyl (C=O) groups is 4. The summed E-state index contributed by atoms with van der Waals surface area (Å²) in [5, 5.41) is 2.79. The fourth-order valence-corrected chi connectivity index (χ4v) is 3.76. The average Bonchev–Trinajstić information content (AvgIpc) is 3.02. The Morgan fingerprint density at radius 3 is 2.44 bits per heavy atom. The van der Waals surface area contributed by atoms with Gasteiger partial charge in [-0.05, 0) is 59.2 Å². The summed E-state index contributed by atoms with van der Waals surface area (Å²) in [5.41, 5.74) is 0.973. The number of fused-ring (bicyclic) bond motifs is 1. The van der Waals surface area contributed by atoms with Gasteiger partial charge in [0.1, 0.15) is 11.2 Å². The van der Waals surface area contributed by atoms with Crippen molar-refractivity contribution >= 4 is 35.1 Å². The number of amides is 2. The summed E-state index contributed by atoms with van der Waals surface area (Å²) >= 11 is 0. The van der Waals surface area contributed by atoms with Crippen molar-refractivity contribution < 1.29 is 28.7 Å². The third-order valence-electron chi connectivity index (χ3n) is 5.48. The van der Waals surface area contributed by atoms with Crippen molar-refractivity contribution in [3.63, 3.8) is 0 Å². The van der Waals surface area contributed by atoms with Gasteiger partial charge in [-0.3, -0.25) is 14.5 Å². The van der Waals surface area contributed by atoms with Crippen molar-refractivity contribution in [2.24, 2.45) is 0 Å². The van der Waals surface area contributed by atoms with Crippen LogP contribution in [0.3, 0.4) is 0 Å². The van der Waals surface area contributed by atoms with Crippen LogP contribution in [-0.4, -0.2) is 47.0 Å². The molecule has 0 spiro atoms. The molecular weight excluding hydrogens is 414 g/mol. The molecule has 1 atom stereocenters. The number of anilines is 2. The van der Waals surface area contributed by atoms with Crippen molar-refractivity contribution in [3.05, 3.63) is 46.8 Å². The van der Waals surface area contributed by atoms with E-state index in [0.717, 1.165) is 0 Å². The Morgan fingerprint density at radius 1 is 1.12 bits per heavy atom. The molecule has 9 heteroatoms. The predicted octanol–water partition coefficient (Wildman–Crippen LogP) is 3.12. The van der Waals surface area contributed by atoms with Gasteiger partial charge >= 0.3 is 11.9 Å². The summed E-state index contributed by atoms with van der Waals surface area (Å²) in [4.78, 5) is 55.2. The van der Waals surface area contributed by atoms with Gasteiger partial charge in [0.15, 0.2) is 6.10 Å². The third kappa shape index (κ3) is 3.86. The molecule has 0 fully saturated rings. The highest BCUT2D eigenvalue weighted by Crippen LogP contribution is 2.37. The molecule has 0 radical (unpaired) electrons. The first-order valence-electron chi connectivity index (χ1n) is 10.3. The van der Waals surface area contributed by atoms with Gasteiger partial charge in [-0.15, -0.1) is 0 Å². The molecular formula is C23H27N3O6. The molecule has 1 aliphatic rings. The van der Waals surface area contributed by atoms with E-state index in [1.54, 1.807) is 58.9 Å². The predicted molar refractivity (Wildman–Crippen MR) is 118 cm³/mol. The van der Waals surface area contributed by atoms with Crippen molar-refractivity contribution in [2.75, 3.05) is 16.8 Å². The number of nitrogens with one attached hydrogen (secondary N) is 2. The molecule has 1 aliphatic heterocycles. The number of benzene rings is 1. The van der Waals surface area contributed by atoms with Crippen LogP contribution >= 0.6 is 0 Å². The summed E-state index contributed by atoms with van der Waals surface area (Å²) in [6.07, 6.45) is -1.18. The summed E-state index contributed by atoms with van der Waals surface area (Å²) in [6, 6.07) is 6.92. The van der Waals surface area contributed by atoms with Crippen molar-refractivity contribution in [1.29, 1.82) is 0 Å². The Kier molecular flexibility index (Phi) is 6.11. The molecule has 2 heterocycles. The maximum atomic E-state index is 13.3. The molecule has 2 N–H and O–H groups in total. The van der Waals surface area contributed by atoms with Gasteiger partial charge in [0.25, 0.3) is 5.91 Å². The van der Waals surface area contributed by atoms with E-state index in [4.69, 9.17) is 9.47 Å². The van der Waals surface area contributed by atoms with Crippen LogP contribution in [0.15, 0.2) is 24.3 Å². The first-order chi connectivity index (χ1) is 15.0. The van der Waals surface area contributed by atoms with E-state index < -0.39 is 29.5 Å². The van der Waals surface area contributed by atoms with Crippen molar-refractivity contribution in [3.8, 4) is 0 Å². The lowest BCUT2D eigenvalue weighted by atomic mass is 9.95. The van der Waals surface area contributed by atoms with Gasteiger partial charge in [0, 0.05) is 5.69 Å². The first kappa shape index (κ1) is 23.1. The van der Waals surface area contributed by atoms with Crippen LogP contribution in [0.2, 0.25) is 0 Å². The van der Waals surface area contributed by atoms with Gasteiger partial charge in [0.05, 0.1) is 23.5 Å². The summed E-state index contributed by atoms with van der Waals surface area (Å²) < 4.78 is 10.5. The van der Waals surface area contributed by atoms with E-state index in [0.29, 0.717) is 22.6 Å². The van der Waals surface area contributed by atoms with Gasteiger partial charge in [-0.1, -0.05) is 12.1 Å². The Bertz CT molecular complexity index is 1100. The minimum atomic E-state index is -1.19. The summed E-state index contributed by atoms with van der Waals surface area (Å²) in [6.45, 7) is 9.82. The average molecular weight is 441 g/mol. The van der Waals surface area contributed by atoms with E-state index in [9.17, 15) is 19.2 Å². The smallest absolute Gasteiger partial charge is 0.355 e. The van der Waals surface area contributed by atoms with Crippen LogP contribution in [0.25, 0.3) is 0 Å². The number of hydrogen-bond donors (Lipinski definition) is 2. The maximum absolute atomic E-state index is 13.3. The number of aromatic nitrogens is 1. The number of rotatable bonds is 5. The zero-order chi connectivity index (χ0) is 23.8. The summed E-state index contributed by atoms with van der Waals surface area (Å²) in [5.74, 6) is -2.21. The van der Waals surface area contributed by atoms with E-state index in [2.05, 4.69) is 10.3 Å². The molecule has 3 rings (SSSR count). The van der Waals surface area contributed by atoms with Gasteiger partial charge in [-0.25, -0.2) is 9.59 Å². The fourth-order valence-electron chi connectivity index (χ4n) is 3.76. The van der Waals surface area contributed by atoms with Crippen molar-refractivity contribution in [2.45, 2.75) is 53.2 Å². The molecule has 2 aromatic rings. The summed E-state index contributed by atoms with van der Waals surface area (Å²) in [7, 11) is 0. The molecule has 0 aliphatic carbocycles. The number of H-pyrrole nitrogens is 1. The number of hydrogen-bond acceptors (Lipinski definition) is 6. The largest absolute Gasteiger partial charge is 0.461 e. The molecule has 32 heavy (non-hydrogen) atoms. The minimum Gasteiger partial charge on any atom is -0.461 e. The van der Waals surface area contributed by atoms with Crippen LogP contribution in [0.4, 0.5) is 11.4 Å². The lowest BCUT2D eigenvalue weighted by Crippen LogP contribution is -2.60. The Hall–Kier alpha value is -3.62. The SMILES string of the molecule is CCOC(=O)c1[nH]c(C)c(C(=O)O[C@H](C)C(=O)N2c3ccccc3NC(=O)C2(C)C)c1C. The van der Waals surface area contributed by atoms with Crippen LogP contribution < -0.4 is 10.2 Å². The number of aromatic amines is 1. The van der Waals surface area contributed by atoms with Gasteiger partial charge in [-0.2, -0.15) is 0 Å². The highest BCUT2D eigenvalue weighted by molar-refractivity contribution is 6.15. The number of carbonyl (C=O) groups excluding carboxylic acids is 4. The molecule has 1 aromatic heterocycles. The Morgan fingerprint density at radius 2 is 1.78 bits per heavy atom. The molecule has 0 saturated heterocycles. The van der Waals surface area contributed by atoms with Crippen LogP contribution in [0.5, 0.6) is 0 Å². The number of esters is 2. The molecule has 0 bridgehead atoms. The second kappa shape index (κ2) is 8.49. The molecule has 0 unspecified atom stereocenters. The number of para-hydroxylation sites is 2. The zero-order valence-corrected chi connectivity index (χ0v) is 19.0.